The van der Waals surface area contributed by atoms with Crippen LogP contribution in [0.5, 0.6) is 0 Å². The summed E-state index contributed by atoms with van der Waals surface area (Å²) in [6.07, 6.45) is 0. The number of fused-ring (bicyclic) bond motifs is 1. The molecule has 3 aromatic carbocycles. The lowest BCUT2D eigenvalue weighted by Gasteiger charge is -2.04. The van der Waals surface area contributed by atoms with E-state index in [2.05, 4.69) is 0 Å². The summed E-state index contributed by atoms with van der Waals surface area (Å²) in [4.78, 5) is 37.3. The average Bonchev–Trinajstić information content (AvgIpc) is 3.03. The SMILES string of the molecule is O=C(Cn1c(=O)oc2cc(C(=O)c3ccc(Cl)cc3)ccc21)c1ccccc1. The van der Waals surface area contributed by atoms with Gasteiger partial charge in [0.05, 0.1) is 12.1 Å². The van der Waals surface area contributed by atoms with Crippen molar-refractivity contribution in [3.63, 3.8) is 0 Å². The average molecular weight is 392 g/mol. The number of carbonyl (C=O) groups is 2. The highest BCUT2D eigenvalue weighted by atomic mass is 35.5. The molecule has 0 atom stereocenters. The Balaban J connectivity index is 1.67. The Bertz CT molecular complexity index is 1240. The fourth-order valence-electron chi connectivity index (χ4n) is 2.98. The molecule has 0 saturated heterocycles. The summed E-state index contributed by atoms with van der Waals surface area (Å²) in [5.74, 6) is -1.06. The van der Waals surface area contributed by atoms with Crippen molar-refractivity contribution >= 4 is 34.3 Å². The highest BCUT2D eigenvalue weighted by Crippen LogP contribution is 2.19. The molecule has 0 N–H and O–H groups in total. The van der Waals surface area contributed by atoms with E-state index < -0.39 is 5.76 Å². The summed E-state index contributed by atoms with van der Waals surface area (Å²) in [5.41, 5.74) is 2.08. The number of nitrogens with zero attached hydrogens (tertiary/aromatic N) is 1. The van der Waals surface area contributed by atoms with Gasteiger partial charge in [-0.15, -0.1) is 0 Å². The zero-order valence-electron chi connectivity index (χ0n) is 14.6. The van der Waals surface area contributed by atoms with Crippen molar-refractivity contribution in [1.29, 1.82) is 0 Å². The quantitative estimate of drug-likeness (QED) is 0.474. The normalized spacial score (nSPS) is 10.9. The van der Waals surface area contributed by atoms with Crippen LogP contribution in [0.1, 0.15) is 26.3 Å². The van der Waals surface area contributed by atoms with Crippen LogP contribution in [0.2, 0.25) is 5.02 Å². The number of carbonyl (C=O) groups excluding carboxylic acids is 2. The van der Waals surface area contributed by atoms with Gasteiger partial charge < -0.3 is 4.42 Å². The summed E-state index contributed by atoms with van der Waals surface area (Å²) in [6.45, 7) is -0.139. The smallest absolute Gasteiger partial charge is 0.408 e. The third-order valence-corrected chi connectivity index (χ3v) is 4.69. The maximum Gasteiger partial charge on any atom is 0.420 e. The van der Waals surface area contributed by atoms with Crippen molar-refractivity contribution in [2.24, 2.45) is 0 Å². The van der Waals surface area contributed by atoms with Crippen molar-refractivity contribution in [2.75, 3.05) is 0 Å². The molecule has 5 nitrogen and oxygen atoms in total. The Morgan fingerprint density at radius 1 is 0.857 bits per heavy atom. The van der Waals surface area contributed by atoms with Crippen LogP contribution in [-0.4, -0.2) is 16.1 Å². The molecule has 0 spiro atoms. The molecular formula is C22H14ClNO4. The van der Waals surface area contributed by atoms with Crippen molar-refractivity contribution in [2.45, 2.75) is 6.54 Å². The highest BCUT2D eigenvalue weighted by Gasteiger charge is 2.16. The van der Waals surface area contributed by atoms with Gasteiger partial charge in [-0.25, -0.2) is 4.79 Å². The molecule has 0 bridgehead atoms. The number of halogens is 1. The minimum absolute atomic E-state index is 0.139. The Labute approximate surface area is 164 Å². The van der Waals surface area contributed by atoms with E-state index in [9.17, 15) is 14.4 Å². The van der Waals surface area contributed by atoms with Gasteiger partial charge in [-0.3, -0.25) is 14.2 Å². The maximum atomic E-state index is 12.6. The van der Waals surface area contributed by atoms with E-state index in [4.69, 9.17) is 16.0 Å². The molecule has 6 heteroatoms. The number of ketones is 2. The first-order valence-electron chi connectivity index (χ1n) is 8.55. The summed E-state index contributed by atoms with van der Waals surface area (Å²) in [6, 6.07) is 20.0. The zero-order valence-corrected chi connectivity index (χ0v) is 15.3. The van der Waals surface area contributed by atoms with Crippen LogP contribution < -0.4 is 5.76 Å². The molecule has 0 aliphatic rings. The number of benzene rings is 3. The number of aromatic nitrogens is 1. The van der Waals surface area contributed by atoms with Gasteiger partial charge in [-0.05, 0) is 42.5 Å². The Hall–Kier alpha value is -3.44. The third kappa shape index (κ3) is 3.40. The summed E-state index contributed by atoms with van der Waals surface area (Å²) >= 11 is 5.86. The summed E-state index contributed by atoms with van der Waals surface area (Å²) in [5, 5.41) is 0.540. The molecule has 0 saturated carbocycles. The highest BCUT2D eigenvalue weighted by molar-refractivity contribution is 6.30. The molecule has 0 amide bonds. The largest absolute Gasteiger partial charge is 0.420 e. The minimum Gasteiger partial charge on any atom is -0.408 e. The first-order valence-corrected chi connectivity index (χ1v) is 8.92. The van der Waals surface area contributed by atoms with Gasteiger partial charge in [-0.2, -0.15) is 0 Å². The number of rotatable bonds is 5. The molecule has 1 heterocycles. The standard InChI is InChI=1S/C22H14ClNO4/c23-17-9-6-15(7-10-17)21(26)16-8-11-18-20(12-16)28-22(27)24(18)13-19(25)14-4-2-1-3-5-14/h1-12H,13H2. The van der Waals surface area contributed by atoms with E-state index in [0.29, 0.717) is 27.2 Å². The summed E-state index contributed by atoms with van der Waals surface area (Å²) < 4.78 is 6.53. The molecule has 28 heavy (non-hydrogen) atoms. The van der Waals surface area contributed by atoms with Gasteiger partial charge in [-0.1, -0.05) is 41.9 Å². The van der Waals surface area contributed by atoms with Crippen LogP contribution in [0.25, 0.3) is 11.1 Å². The lowest BCUT2D eigenvalue weighted by Crippen LogP contribution is -2.20. The molecule has 4 rings (SSSR count). The van der Waals surface area contributed by atoms with Gasteiger partial charge in [0, 0.05) is 21.7 Å². The van der Waals surface area contributed by atoms with Gasteiger partial charge in [0.25, 0.3) is 0 Å². The third-order valence-electron chi connectivity index (χ3n) is 4.43. The predicted octanol–water partition coefficient (Wildman–Crippen LogP) is 4.36. The van der Waals surface area contributed by atoms with Crippen molar-refractivity contribution in [1.82, 2.24) is 4.57 Å². The maximum absolute atomic E-state index is 12.6. The van der Waals surface area contributed by atoms with E-state index in [1.807, 2.05) is 6.07 Å². The van der Waals surface area contributed by atoms with Crippen LogP contribution >= 0.6 is 11.6 Å². The minimum atomic E-state index is -0.643. The molecule has 0 fully saturated rings. The van der Waals surface area contributed by atoms with Crippen LogP contribution in [0, 0.1) is 0 Å². The molecule has 138 valence electrons. The van der Waals surface area contributed by atoms with Gasteiger partial charge >= 0.3 is 5.76 Å². The molecule has 1 aromatic heterocycles. The topological polar surface area (TPSA) is 69.3 Å². The van der Waals surface area contributed by atoms with Crippen LogP contribution in [0.3, 0.4) is 0 Å². The molecular weight excluding hydrogens is 378 g/mol. The van der Waals surface area contributed by atoms with Gasteiger partial charge in [0.2, 0.25) is 0 Å². The summed E-state index contributed by atoms with van der Waals surface area (Å²) in [7, 11) is 0. The molecule has 4 aromatic rings. The lowest BCUT2D eigenvalue weighted by atomic mass is 10.0. The van der Waals surface area contributed by atoms with Gasteiger partial charge in [0.1, 0.15) is 0 Å². The Morgan fingerprint density at radius 2 is 1.54 bits per heavy atom. The fourth-order valence-corrected chi connectivity index (χ4v) is 3.11. The molecule has 0 unspecified atom stereocenters. The number of Topliss-reactive ketones (excluding diaryl/α,β-unsaturated/α-hetero) is 1. The van der Waals surface area contributed by atoms with E-state index in [1.54, 1.807) is 60.7 Å². The second-order valence-corrected chi connectivity index (χ2v) is 6.70. The van der Waals surface area contributed by atoms with Gasteiger partial charge in [0.15, 0.2) is 17.1 Å². The lowest BCUT2D eigenvalue weighted by molar-refractivity contribution is 0.0969. The Morgan fingerprint density at radius 3 is 2.25 bits per heavy atom. The van der Waals surface area contributed by atoms with Crippen LogP contribution in [0.15, 0.2) is 82.0 Å². The monoisotopic (exact) mass is 391 g/mol. The fraction of sp³-hybridized carbons (Fsp3) is 0.0455. The second kappa shape index (κ2) is 7.29. The molecule has 0 aliphatic heterocycles. The second-order valence-electron chi connectivity index (χ2n) is 6.26. The van der Waals surface area contributed by atoms with E-state index in [0.717, 1.165) is 0 Å². The molecule has 0 radical (unpaired) electrons. The first kappa shape index (κ1) is 17.9. The van der Waals surface area contributed by atoms with Crippen molar-refractivity contribution in [3.8, 4) is 0 Å². The number of hydrogen-bond acceptors (Lipinski definition) is 4. The number of hydrogen-bond donors (Lipinski definition) is 0. The molecule has 0 aliphatic carbocycles. The van der Waals surface area contributed by atoms with E-state index in [1.165, 1.54) is 10.6 Å². The van der Waals surface area contributed by atoms with Crippen LogP contribution in [-0.2, 0) is 6.54 Å². The van der Waals surface area contributed by atoms with Crippen LogP contribution in [0.4, 0.5) is 0 Å². The van der Waals surface area contributed by atoms with Crippen molar-refractivity contribution < 1.29 is 14.0 Å². The van der Waals surface area contributed by atoms with E-state index in [-0.39, 0.29) is 23.7 Å². The Kier molecular flexibility index (Phi) is 4.67. The van der Waals surface area contributed by atoms with E-state index >= 15 is 0 Å². The first-order chi connectivity index (χ1) is 13.5. The van der Waals surface area contributed by atoms with Crippen molar-refractivity contribution in [3.05, 3.63) is 105 Å². The zero-order chi connectivity index (χ0) is 19.7. The predicted molar refractivity (Wildman–Crippen MR) is 106 cm³/mol. The number of oxazole rings is 1.